The zero-order valence-electron chi connectivity index (χ0n) is 12.5. The Bertz CT molecular complexity index is 1190. The first kappa shape index (κ1) is 14.0. The van der Waals surface area contributed by atoms with Crippen LogP contribution in [0.15, 0.2) is 63.8 Å². The van der Waals surface area contributed by atoms with E-state index < -0.39 is 5.63 Å². The molecule has 114 valence electrons. The summed E-state index contributed by atoms with van der Waals surface area (Å²) in [5.74, 6) is 0.0969. The Labute approximate surface area is 136 Å². The number of hydrogen-bond donors (Lipinski definition) is 1. The van der Waals surface area contributed by atoms with E-state index in [1.54, 1.807) is 12.1 Å². The van der Waals surface area contributed by atoms with E-state index in [0.717, 1.165) is 5.56 Å². The molecule has 0 aliphatic carbocycles. The SMILES string of the molecule is N#Cc1c(N)nc2c(c1-c1ccccc1)c(=O)oc1ccccc12. The smallest absolute Gasteiger partial charge is 0.346 e. The van der Waals surface area contributed by atoms with Gasteiger partial charge in [0.05, 0.1) is 10.9 Å². The lowest BCUT2D eigenvalue weighted by molar-refractivity contribution is 0.569. The van der Waals surface area contributed by atoms with Crippen LogP contribution in [0.2, 0.25) is 0 Å². The van der Waals surface area contributed by atoms with Gasteiger partial charge in [0.25, 0.3) is 0 Å². The zero-order valence-corrected chi connectivity index (χ0v) is 12.5. The third kappa shape index (κ3) is 1.94. The van der Waals surface area contributed by atoms with E-state index in [2.05, 4.69) is 11.1 Å². The average molecular weight is 313 g/mol. The van der Waals surface area contributed by atoms with Gasteiger partial charge in [0.1, 0.15) is 23.0 Å². The van der Waals surface area contributed by atoms with Gasteiger partial charge in [0.15, 0.2) is 0 Å². The number of nitrogens with two attached hydrogens (primary N) is 1. The normalized spacial score (nSPS) is 10.8. The predicted molar refractivity (Wildman–Crippen MR) is 92.3 cm³/mol. The van der Waals surface area contributed by atoms with Gasteiger partial charge in [-0.15, -0.1) is 0 Å². The summed E-state index contributed by atoms with van der Waals surface area (Å²) in [5, 5.41) is 10.5. The minimum Gasteiger partial charge on any atom is -0.422 e. The molecule has 5 heteroatoms. The lowest BCUT2D eigenvalue weighted by Gasteiger charge is -2.11. The summed E-state index contributed by atoms with van der Waals surface area (Å²) in [5.41, 5.74) is 7.71. The molecule has 0 atom stereocenters. The van der Waals surface area contributed by atoms with Gasteiger partial charge in [-0.25, -0.2) is 9.78 Å². The maximum Gasteiger partial charge on any atom is 0.346 e. The Hall–Kier alpha value is -3.65. The Morgan fingerprint density at radius 2 is 1.75 bits per heavy atom. The first-order valence-electron chi connectivity index (χ1n) is 7.31. The van der Waals surface area contributed by atoms with Gasteiger partial charge >= 0.3 is 5.63 Å². The Kier molecular flexibility index (Phi) is 3.04. The predicted octanol–water partition coefficient (Wildman–Crippen LogP) is 3.46. The van der Waals surface area contributed by atoms with Gasteiger partial charge in [-0.1, -0.05) is 42.5 Å². The number of anilines is 1. The van der Waals surface area contributed by atoms with Gasteiger partial charge in [0, 0.05) is 10.9 Å². The van der Waals surface area contributed by atoms with E-state index in [1.807, 2.05) is 42.5 Å². The molecule has 5 nitrogen and oxygen atoms in total. The summed E-state index contributed by atoms with van der Waals surface area (Å²) in [6, 6.07) is 18.4. The van der Waals surface area contributed by atoms with E-state index >= 15 is 0 Å². The number of rotatable bonds is 1. The monoisotopic (exact) mass is 313 g/mol. The summed E-state index contributed by atoms with van der Waals surface area (Å²) in [4.78, 5) is 16.9. The van der Waals surface area contributed by atoms with Crippen LogP contribution >= 0.6 is 0 Å². The van der Waals surface area contributed by atoms with Crippen molar-refractivity contribution in [3.8, 4) is 17.2 Å². The summed E-state index contributed by atoms with van der Waals surface area (Å²) in [7, 11) is 0. The number of benzene rings is 2. The van der Waals surface area contributed by atoms with Crippen molar-refractivity contribution < 1.29 is 4.42 Å². The molecular formula is C19H11N3O2. The molecule has 0 bridgehead atoms. The van der Waals surface area contributed by atoms with Crippen molar-refractivity contribution in [2.75, 3.05) is 5.73 Å². The number of fused-ring (bicyclic) bond motifs is 3. The Morgan fingerprint density at radius 1 is 1.04 bits per heavy atom. The maximum absolute atomic E-state index is 12.6. The van der Waals surface area contributed by atoms with E-state index in [9.17, 15) is 10.1 Å². The number of nitrogen functional groups attached to an aromatic ring is 1. The second kappa shape index (κ2) is 5.21. The van der Waals surface area contributed by atoms with Crippen molar-refractivity contribution in [3.63, 3.8) is 0 Å². The quantitative estimate of drug-likeness (QED) is 0.429. The lowest BCUT2D eigenvalue weighted by atomic mass is 9.96. The van der Waals surface area contributed by atoms with Gasteiger partial charge < -0.3 is 10.2 Å². The van der Waals surface area contributed by atoms with E-state index in [-0.39, 0.29) is 16.8 Å². The van der Waals surface area contributed by atoms with Crippen LogP contribution in [0.4, 0.5) is 5.82 Å². The highest BCUT2D eigenvalue weighted by Gasteiger charge is 2.20. The van der Waals surface area contributed by atoms with Crippen LogP contribution in [0.1, 0.15) is 5.56 Å². The molecule has 2 heterocycles. The summed E-state index contributed by atoms with van der Waals surface area (Å²) in [6.45, 7) is 0. The summed E-state index contributed by atoms with van der Waals surface area (Å²) < 4.78 is 5.43. The molecule has 0 saturated heterocycles. The van der Waals surface area contributed by atoms with Gasteiger partial charge in [-0.05, 0) is 17.7 Å². The van der Waals surface area contributed by atoms with Crippen molar-refractivity contribution in [2.45, 2.75) is 0 Å². The van der Waals surface area contributed by atoms with Crippen LogP contribution in [-0.4, -0.2) is 4.98 Å². The van der Waals surface area contributed by atoms with Crippen LogP contribution in [-0.2, 0) is 0 Å². The van der Waals surface area contributed by atoms with Gasteiger partial charge in [-0.3, -0.25) is 0 Å². The molecule has 4 aromatic rings. The largest absolute Gasteiger partial charge is 0.422 e. The lowest BCUT2D eigenvalue weighted by Crippen LogP contribution is -2.07. The fourth-order valence-electron chi connectivity index (χ4n) is 2.91. The average Bonchev–Trinajstić information content (AvgIpc) is 2.61. The molecule has 0 fully saturated rings. The maximum atomic E-state index is 12.6. The number of hydrogen-bond acceptors (Lipinski definition) is 5. The van der Waals surface area contributed by atoms with Crippen LogP contribution in [0.5, 0.6) is 0 Å². The minimum atomic E-state index is -0.536. The number of nitriles is 1. The van der Waals surface area contributed by atoms with E-state index in [4.69, 9.17) is 10.2 Å². The molecule has 2 aromatic heterocycles. The standard InChI is InChI=1S/C19H11N3O2/c20-10-13-15(11-6-2-1-3-7-11)16-17(22-18(13)21)12-8-4-5-9-14(12)24-19(16)23/h1-9H,(H2,21,22). The molecule has 0 aliphatic rings. The molecule has 2 N–H and O–H groups in total. The van der Waals surface area contributed by atoms with E-state index in [0.29, 0.717) is 22.0 Å². The number of para-hydroxylation sites is 1. The Morgan fingerprint density at radius 3 is 2.50 bits per heavy atom. The number of nitrogens with zero attached hydrogens (tertiary/aromatic N) is 2. The highest BCUT2D eigenvalue weighted by atomic mass is 16.4. The van der Waals surface area contributed by atoms with Crippen LogP contribution in [0, 0.1) is 11.3 Å². The van der Waals surface area contributed by atoms with Crippen molar-refractivity contribution >= 4 is 27.7 Å². The van der Waals surface area contributed by atoms with Crippen molar-refractivity contribution in [1.82, 2.24) is 4.98 Å². The van der Waals surface area contributed by atoms with Crippen molar-refractivity contribution in [3.05, 3.63) is 70.6 Å². The molecule has 0 radical (unpaired) electrons. The molecule has 0 saturated carbocycles. The van der Waals surface area contributed by atoms with Crippen molar-refractivity contribution in [2.24, 2.45) is 0 Å². The highest BCUT2D eigenvalue weighted by molar-refractivity contribution is 6.09. The summed E-state index contributed by atoms with van der Waals surface area (Å²) >= 11 is 0. The van der Waals surface area contributed by atoms with Crippen LogP contribution < -0.4 is 11.4 Å². The van der Waals surface area contributed by atoms with Crippen LogP contribution in [0.3, 0.4) is 0 Å². The van der Waals surface area contributed by atoms with Crippen molar-refractivity contribution in [1.29, 1.82) is 5.26 Å². The first-order valence-corrected chi connectivity index (χ1v) is 7.31. The topological polar surface area (TPSA) is 92.9 Å². The molecule has 0 unspecified atom stereocenters. The first-order chi connectivity index (χ1) is 11.7. The van der Waals surface area contributed by atoms with Crippen LogP contribution in [0.25, 0.3) is 33.0 Å². The molecule has 2 aromatic carbocycles. The molecule has 24 heavy (non-hydrogen) atoms. The third-order valence-electron chi connectivity index (χ3n) is 3.95. The second-order valence-corrected chi connectivity index (χ2v) is 5.33. The third-order valence-corrected chi connectivity index (χ3v) is 3.95. The summed E-state index contributed by atoms with van der Waals surface area (Å²) in [6.07, 6.45) is 0. The van der Waals surface area contributed by atoms with Gasteiger partial charge in [0.2, 0.25) is 0 Å². The Balaban J connectivity index is 2.31. The van der Waals surface area contributed by atoms with E-state index in [1.165, 1.54) is 0 Å². The molecule has 0 aliphatic heterocycles. The highest BCUT2D eigenvalue weighted by Crippen LogP contribution is 2.34. The fourth-order valence-corrected chi connectivity index (χ4v) is 2.91. The molecular weight excluding hydrogens is 302 g/mol. The fraction of sp³-hybridized carbons (Fsp3) is 0. The van der Waals surface area contributed by atoms with Gasteiger partial charge in [-0.2, -0.15) is 5.26 Å². The number of pyridine rings is 1. The molecule has 0 amide bonds. The molecule has 4 rings (SSSR count). The number of aromatic nitrogens is 1. The minimum absolute atomic E-state index is 0.0969. The second-order valence-electron chi connectivity index (χ2n) is 5.33. The molecule has 0 spiro atoms. The zero-order chi connectivity index (χ0) is 16.7.